The first kappa shape index (κ1) is 16.1. The van der Waals surface area contributed by atoms with Gasteiger partial charge in [-0.05, 0) is 48.3 Å². The lowest BCUT2D eigenvalue weighted by Gasteiger charge is -2.20. The van der Waals surface area contributed by atoms with Crippen molar-refractivity contribution in [2.45, 2.75) is 38.8 Å². The smallest absolute Gasteiger partial charge is 0.250 e. The first-order valence-corrected chi connectivity index (χ1v) is 9.20. The van der Waals surface area contributed by atoms with Gasteiger partial charge in [0.1, 0.15) is 0 Å². The molecule has 0 radical (unpaired) electrons. The molecule has 3 atom stereocenters. The second-order valence-electron chi connectivity index (χ2n) is 7.48. The lowest BCUT2D eigenvalue weighted by molar-refractivity contribution is -0.126. The summed E-state index contributed by atoms with van der Waals surface area (Å²) < 4.78 is 1.69. The van der Waals surface area contributed by atoms with Crippen LogP contribution >= 0.6 is 0 Å². The molecule has 2 aliphatic rings. The predicted molar refractivity (Wildman–Crippen MR) is 97.0 cm³/mol. The molecule has 0 aliphatic heterocycles. The van der Waals surface area contributed by atoms with Gasteiger partial charge in [0.2, 0.25) is 5.91 Å². The van der Waals surface area contributed by atoms with Crippen LogP contribution in [0.4, 0.5) is 0 Å². The quantitative estimate of drug-likeness (QED) is 0.913. The number of fused-ring (bicyclic) bond motifs is 2. The van der Waals surface area contributed by atoms with Crippen LogP contribution in [-0.4, -0.2) is 10.5 Å². The number of benzene rings is 1. The molecule has 1 aromatic carbocycles. The van der Waals surface area contributed by atoms with Crippen molar-refractivity contribution >= 4 is 5.91 Å². The van der Waals surface area contributed by atoms with E-state index < -0.39 is 0 Å². The van der Waals surface area contributed by atoms with Crippen LogP contribution in [0.3, 0.4) is 0 Å². The summed E-state index contributed by atoms with van der Waals surface area (Å²) >= 11 is 0. The van der Waals surface area contributed by atoms with Crippen molar-refractivity contribution in [1.29, 1.82) is 0 Å². The topological polar surface area (TPSA) is 51.1 Å². The van der Waals surface area contributed by atoms with E-state index in [9.17, 15) is 9.59 Å². The molecule has 2 saturated carbocycles. The van der Waals surface area contributed by atoms with Gasteiger partial charge in [0, 0.05) is 24.7 Å². The average Bonchev–Trinajstić information content (AvgIpc) is 3.26. The molecule has 1 N–H and O–H groups in total. The van der Waals surface area contributed by atoms with Gasteiger partial charge in [-0.1, -0.05) is 36.8 Å². The number of nitrogens with one attached hydrogen (secondary N) is 1. The third-order valence-electron chi connectivity index (χ3n) is 5.82. The summed E-state index contributed by atoms with van der Waals surface area (Å²) in [4.78, 5) is 24.2. The average molecular weight is 336 g/mol. The van der Waals surface area contributed by atoms with Gasteiger partial charge in [-0.3, -0.25) is 9.59 Å². The summed E-state index contributed by atoms with van der Waals surface area (Å²) in [7, 11) is 0. The molecule has 1 aromatic heterocycles. The number of aromatic nitrogens is 1. The molecule has 2 aromatic rings. The fourth-order valence-electron chi connectivity index (χ4n) is 4.44. The van der Waals surface area contributed by atoms with Gasteiger partial charge in [0.25, 0.3) is 5.56 Å². The zero-order valence-corrected chi connectivity index (χ0v) is 14.4. The molecule has 0 unspecified atom stereocenters. The van der Waals surface area contributed by atoms with E-state index in [-0.39, 0.29) is 17.4 Å². The Morgan fingerprint density at radius 1 is 1.04 bits per heavy atom. The van der Waals surface area contributed by atoms with Crippen LogP contribution in [0.15, 0.2) is 53.5 Å². The lowest BCUT2D eigenvalue weighted by Crippen LogP contribution is -2.33. The molecule has 130 valence electrons. The maximum absolute atomic E-state index is 12.4. The normalized spacial score (nSPS) is 24.4. The highest BCUT2D eigenvalue weighted by molar-refractivity contribution is 5.79. The van der Waals surface area contributed by atoms with Crippen molar-refractivity contribution in [2.75, 3.05) is 0 Å². The van der Waals surface area contributed by atoms with Gasteiger partial charge in [-0.25, -0.2) is 0 Å². The maximum Gasteiger partial charge on any atom is 0.250 e. The monoisotopic (exact) mass is 336 g/mol. The van der Waals surface area contributed by atoms with Gasteiger partial charge in [0.15, 0.2) is 0 Å². The van der Waals surface area contributed by atoms with Crippen molar-refractivity contribution in [3.8, 4) is 0 Å². The van der Waals surface area contributed by atoms with Crippen molar-refractivity contribution < 1.29 is 4.79 Å². The van der Waals surface area contributed by atoms with Crippen LogP contribution < -0.4 is 10.9 Å². The minimum Gasteiger partial charge on any atom is -0.352 e. The zero-order valence-electron chi connectivity index (χ0n) is 14.4. The Morgan fingerprint density at radius 3 is 2.52 bits per heavy atom. The summed E-state index contributed by atoms with van der Waals surface area (Å²) in [5, 5.41) is 3.11. The summed E-state index contributed by atoms with van der Waals surface area (Å²) in [5.74, 6) is 1.88. The van der Waals surface area contributed by atoms with E-state index in [0.717, 1.165) is 23.5 Å². The Bertz CT molecular complexity index is 809. The summed E-state index contributed by atoms with van der Waals surface area (Å²) in [6.45, 7) is 1.15. The number of hydrogen-bond acceptors (Lipinski definition) is 2. The molecule has 4 rings (SSSR count). The highest BCUT2D eigenvalue weighted by atomic mass is 16.2. The number of hydrogen-bond donors (Lipinski definition) is 1. The number of nitrogens with zero attached hydrogens (tertiary/aromatic N) is 1. The fraction of sp³-hybridized carbons (Fsp3) is 0.429. The van der Waals surface area contributed by atoms with E-state index >= 15 is 0 Å². The van der Waals surface area contributed by atoms with Crippen LogP contribution in [0.2, 0.25) is 0 Å². The van der Waals surface area contributed by atoms with Crippen molar-refractivity contribution in [3.63, 3.8) is 0 Å². The number of amides is 1. The van der Waals surface area contributed by atoms with Gasteiger partial charge in [0.05, 0.1) is 6.54 Å². The first-order valence-electron chi connectivity index (χ1n) is 9.20. The SMILES string of the molecule is O=C(NCc1ccc(Cn2ccccc2=O)cc1)[C@H]1C[C@H]2CC[C@H]1C2. The van der Waals surface area contributed by atoms with Crippen molar-refractivity contribution in [2.24, 2.45) is 17.8 Å². The third-order valence-corrected chi connectivity index (χ3v) is 5.82. The highest BCUT2D eigenvalue weighted by Gasteiger charge is 2.42. The minimum atomic E-state index is 0.00435. The fourth-order valence-corrected chi connectivity index (χ4v) is 4.44. The molecule has 1 heterocycles. The Balaban J connectivity index is 1.32. The third kappa shape index (κ3) is 3.53. The summed E-state index contributed by atoms with van der Waals surface area (Å²) in [5.41, 5.74) is 2.18. The number of carbonyl (C=O) groups excluding carboxylic acids is 1. The van der Waals surface area contributed by atoms with Crippen LogP contribution in [0.5, 0.6) is 0 Å². The molecule has 25 heavy (non-hydrogen) atoms. The van der Waals surface area contributed by atoms with Crippen molar-refractivity contribution in [1.82, 2.24) is 9.88 Å². The molecular formula is C21H24N2O2. The Labute approximate surface area is 147 Å². The minimum absolute atomic E-state index is 0.00435. The second kappa shape index (κ2) is 6.87. The highest BCUT2D eigenvalue weighted by Crippen LogP contribution is 2.48. The zero-order chi connectivity index (χ0) is 17.2. The van der Waals surface area contributed by atoms with E-state index in [1.165, 1.54) is 19.3 Å². The van der Waals surface area contributed by atoms with E-state index in [0.29, 0.717) is 19.0 Å². The van der Waals surface area contributed by atoms with E-state index in [2.05, 4.69) is 5.32 Å². The lowest BCUT2D eigenvalue weighted by atomic mass is 9.88. The van der Waals surface area contributed by atoms with Crippen LogP contribution in [0, 0.1) is 17.8 Å². The molecule has 1 amide bonds. The molecule has 4 heteroatoms. The van der Waals surface area contributed by atoms with Crippen LogP contribution in [0.1, 0.15) is 36.8 Å². The maximum atomic E-state index is 12.4. The first-order chi connectivity index (χ1) is 12.2. The number of pyridine rings is 1. The van der Waals surface area contributed by atoms with Crippen LogP contribution in [-0.2, 0) is 17.9 Å². The second-order valence-corrected chi connectivity index (χ2v) is 7.48. The van der Waals surface area contributed by atoms with Gasteiger partial charge < -0.3 is 9.88 Å². The van der Waals surface area contributed by atoms with Gasteiger partial charge in [-0.2, -0.15) is 0 Å². The molecule has 2 fully saturated rings. The Hall–Kier alpha value is -2.36. The molecule has 4 nitrogen and oxygen atoms in total. The number of rotatable bonds is 5. The standard InChI is InChI=1S/C21H24N2O2/c24-20-3-1-2-10-23(20)14-16-6-4-15(5-7-16)13-22-21(25)19-12-17-8-9-18(19)11-17/h1-7,10,17-19H,8-9,11-14H2,(H,22,25)/t17-,18-,19-/m0/s1. The molecule has 2 aliphatic carbocycles. The molecular weight excluding hydrogens is 312 g/mol. The van der Waals surface area contributed by atoms with E-state index in [4.69, 9.17) is 0 Å². The summed E-state index contributed by atoms with van der Waals surface area (Å²) in [6.07, 6.45) is 6.69. The van der Waals surface area contributed by atoms with Gasteiger partial charge in [-0.15, -0.1) is 0 Å². The van der Waals surface area contributed by atoms with Gasteiger partial charge >= 0.3 is 0 Å². The Kier molecular flexibility index (Phi) is 4.43. The van der Waals surface area contributed by atoms with E-state index in [1.807, 2.05) is 30.3 Å². The number of carbonyl (C=O) groups is 1. The Morgan fingerprint density at radius 2 is 1.84 bits per heavy atom. The molecule has 0 spiro atoms. The van der Waals surface area contributed by atoms with Crippen LogP contribution in [0.25, 0.3) is 0 Å². The predicted octanol–water partition coefficient (Wildman–Crippen LogP) is 2.95. The molecule has 0 saturated heterocycles. The van der Waals surface area contributed by atoms with Crippen molar-refractivity contribution in [3.05, 3.63) is 70.1 Å². The largest absolute Gasteiger partial charge is 0.352 e. The molecule has 2 bridgehead atoms. The summed E-state index contributed by atoms with van der Waals surface area (Å²) in [6, 6.07) is 13.3. The van der Waals surface area contributed by atoms with E-state index in [1.54, 1.807) is 22.9 Å².